The number of hydrogen-bond acceptors (Lipinski definition) is 4. The number of carbonyl (C=O) groups is 1. The molecule has 2 aromatic carbocycles. The van der Waals surface area contributed by atoms with E-state index in [1.54, 1.807) is 19.1 Å². The van der Waals surface area contributed by atoms with Crippen molar-refractivity contribution in [2.45, 2.75) is 6.92 Å². The van der Waals surface area contributed by atoms with Crippen LogP contribution in [0.2, 0.25) is 10.0 Å². The fourth-order valence-corrected chi connectivity index (χ4v) is 3.44. The molecule has 0 spiro atoms. The SMILES string of the molecule is Cc1cc(=O)[nH]c(-n2nc(-c3ccccc3)cc2NC(=O)c2cc(Cl)cc(Cl)c2)n1. The number of nitrogens with zero attached hydrogens (tertiary/aromatic N) is 3. The first-order valence-electron chi connectivity index (χ1n) is 8.90. The predicted octanol–water partition coefficient (Wildman–Crippen LogP) is 4.49. The van der Waals surface area contributed by atoms with E-state index in [1.807, 2.05) is 30.3 Å². The van der Waals surface area contributed by atoms with E-state index in [0.29, 0.717) is 27.3 Å². The van der Waals surface area contributed by atoms with E-state index in [2.05, 4.69) is 20.4 Å². The Morgan fingerprint density at radius 1 is 1.03 bits per heavy atom. The van der Waals surface area contributed by atoms with Crippen molar-refractivity contribution in [3.63, 3.8) is 0 Å². The monoisotopic (exact) mass is 439 g/mol. The number of rotatable bonds is 4. The largest absolute Gasteiger partial charge is 0.306 e. The molecule has 0 aliphatic heterocycles. The van der Waals surface area contributed by atoms with Crippen molar-refractivity contribution in [3.8, 4) is 17.2 Å². The minimum atomic E-state index is -0.435. The second kappa shape index (κ2) is 8.14. The van der Waals surface area contributed by atoms with Gasteiger partial charge in [-0.2, -0.15) is 9.78 Å². The Balaban J connectivity index is 1.80. The molecule has 150 valence electrons. The summed E-state index contributed by atoms with van der Waals surface area (Å²) in [5.74, 6) is 0.0699. The van der Waals surface area contributed by atoms with Gasteiger partial charge in [0.2, 0.25) is 5.95 Å². The standard InChI is InChI=1S/C21H15Cl2N5O2/c1-12-7-19(29)26-21(24-12)28-18(11-17(27-28)13-5-3-2-4-6-13)25-20(30)14-8-15(22)10-16(23)9-14/h2-11H,1H3,(H,25,30)(H,24,26,29). The molecule has 9 heteroatoms. The fraction of sp³-hybridized carbons (Fsp3) is 0.0476. The van der Waals surface area contributed by atoms with Gasteiger partial charge in [-0.1, -0.05) is 53.5 Å². The summed E-state index contributed by atoms with van der Waals surface area (Å²) < 4.78 is 1.38. The molecule has 0 aliphatic rings. The van der Waals surface area contributed by atoms with Gasteiger partial charge in [-0.15, -0.1) is 0 Å². The highest BCUT2D eigenvalue weighted by atomic mass is 35.5. The maximum absolute atomic E-state index is 12.8. The van der Waals surface area contributed by atoms with E-state index in [9.17, 15) is 9.59 Å². The van der Waals surface area contributed by atoms with Crippen molar-refractivity contribution >= 4 is 34.9 Å². The van der Waals surface area contributed by atoms with Crippen LogP contribution < -0.4 is 10.9 Å². The van der Waals surface area contributed by atoms with Crippen LogP contribution in [-0.2, 0) is 0 Å². The van der Waals surface area contributed by atoms with Gasteiger partial charge >= 0.3 is 0 Å². The van der Waals surface area contributed by atoms with Crippen molar-refractivity contribution in [2.75, 3.05) is 5.32 Å². The van der Waals surface area contributed by atoms with Crippen molar-refractivity contribution in [1.29, 1.82) is 0 Å². The fourth-order valence-electron chi connectivity index (χ4n) is 2.92. The second-order valence-corrected chi connectivity index (χ2v) is 7.39. The predicted molar refractivity (Wildman–Crippen MR) is 117 cm³/mol. The summed E-state index contributed by atoms with van der Waals surface area (Å²) in [6, 6.07) is 17.1. The number of carbonyl (C=O) groups excluding carboxylic acids is 1. The molecule has 7 nitrogen and oxygen atoms in total. The van der Waals surface area contributed by atoms with Gasteiger partial charge in [-0.25, -0.2) is 4.98 Å². The highest BCUT2D eigenvalue weighted by Gasteiger charge is 2.17. The first-order valence-corrected chi connectivity index (χ1v) is 9.66. The normalized spacial score (nSPS) is 10.8. The summed E-state index contributed by atoms with van der Waals surface area (Å²) in [6.07, 6.45) is 0. The minimum Gasteiger partial charge on any atom is -0.306 e. The molecule has 1 amide bonds. The molecule has 0 fully saturated rings. The third kappa shape index (κ3) is 4.27. The first kappa shape index (κ1) is 19.9. The molecule has 2 aromatic heterocycles. The zero-order chi connectivity index (χ0) is 21.3. The zero-order valence-corrected chi connectivity index (χ0v) is 17.2. The van der Waals surface area contributed by atoms with E-state index in [4.69, 9.17) is 23.2 Å². The number of aryl methyl sites for hydroxylation is 1. The lowest BCUT2D eigenvalue weighted by molar-refractivity contribution is 0.102. The Morgan fingerprint density at radius 3 is 2.40 bits per heavy atom. The molecule has 2 N–H and O–H groups in total. The number of aromatic amines is 1. The van der Waals surface area contributed by atoms with Gasteiger partial charge in [0.15, 0.2) is 0 Å². The molecule has 30 heavy (non-hydrogen) atoms. The maximum Gasteiger partial charge on any atom is 0.256 e. The summed E-state index contributed by atoms with van der Waals surface area (Å²) in [7, 11) is 0. The van der Waals surface area contributed by atoms with Gasteiger partial charge in [0, 0.05) is 39.0 Å². The second-order valence-electron chi connectivity index (χ2n) is 6.52. The number of benzene rings is 2. The highest BCUT2D eigenvalue weighted by molar-refractivity contribution is 6.35. The van der Waals surface area contributed by atoms with E-state index >= 15 is 0 Å². The molecule has 0 radical (unpaired) electrons. The summed E-state index contributed by atoms with van der Waals surface area (Å²) in [4.78, 5) is 31.7. The number of H-pyrrole nitrogens is 1. The summed E-state index contributed by atoms with van der Waals surface area (Å²) >= 11 is 12.0. The average molecular weight is 440 g/mol. The van der Waals surface area contributed by atoms with Crippen molar-refractivity contribution in [2.24, 2.45) is 0 Å². The molecular formula is C21H15Cl2N5O2. The van der Waals surface area contributed by atoms with Gasteiger partial charge in [0.05, 0.1) is 5.69 Å². The highest BCUT2D eigenvalue weighted by Crippen LogP contribution is 2.25. The Morgan fingerprint density at radius 2 is 1.73 bits per heavy atom. The Hall–Kier alpha value is -3.42. The Labute approximate surface area is 181 Å². The van der Waals surface area contributed by atoms with Crippen LogP contribution in [0.1, 0.15) is 16.1 Å². The van der Waals surface area contributed by atoms with E-state index in [0.717, 1.165) is 5.56 Å². The summed E-state index contributed by atoms with van der Waals surface area (Å²) in [5.41, 5.74) is 1.91. The van der Waals surface area contributed by atoms with Crippen LogP contribution in [0.15, 0.2) is 65.5 Å². The van der Waals surface area contributed by atoms with Crippen LogP contribution in [0.3, 0.4) is 0 Å². The van der Waals surface area contributed by atoms with Crippen LogP contribution in [0.25, 0.3) is 17.2 Å². The van der Waals surface area contributed by atoms with E-state index in [-0.39, 0.29) is 17.1 Å². The zero-order valence-electron chi connectivity index (χ0n) is 15.7. The molecule has 0 bridgehead atoms. The molecule has 4 rings (SSSR count). The number of amides is 1. The number of anilines is 1. The van der Waals surface area contributed by atoms with Gasteiger partial charge in [-0.3, -0.25) is 14.6 Å². The van der Waals surface area contributed by atoms with Crippen molar-refractivity contribution in [1.82, 2.24) is 19.7 Å². The minimum absolute atomic E-state index is 0.182. The third-order valence-electron chi connectivity index (χ3n) is 4.20. The Kier molecular flexibility index (Phi) is 5.39. The Bertz CT molecular complexity index is 1280. The van der Waals surface area contributed by atoms with E-state index in [1.165, 1.54) is 22.9 Å². The number of aromatic nitrogens is 4. The van der Waals surface area contributed by atoms with Crippen LogP contribution in [0, 0.1) is 6.92 Å². The maximum atomic E-state index is 12.8. The lowest BCUT2D eigenvalue weighted by atomic mass is 10.1. The van der Waals surface area contributed by atoms with Crippen LogP contribution in [0.4, 0.5) is 5.82 Å². The van der Waals surface area contributed by atoms with Crippen molar-refractivity contribution in [3.05, 3.63) is 92.3 Å². The molecule has 2 heterocycles. The van der Waals surface area contributed by atoms with Crippen LogP contribution in [-0.4, -0.2) is 25.7 Å². The van der Waals surface area contributed by atoms with Crippen molar-refractivity contribution < 1.29 is 4.79 Å². The third-order valence-corrected chi connectivity index (χ3v) is 4.64. The average Bonchev–Trinajstić information content (AvgIpc) is 3.11. The topological polar surface area (TPSA) is 92.7 Å². The summed E-state index contributed by atoms with van der Waals surface area (Å²) in [6.45, 7) is 1.70. The molecule has 0 unspecified atom stereocenters. The number of hydrogen-bond donors (Lipinski definition) is 2. The van der Waals surface area contributed by atoms with Gasteiger partial charge in [0.25, 0.3) is 11.5 Å². The lowest BCUT2D eigenvalue weighted by Crippen LogP contribution is -2.19. The summed E-state index contributed by atoms with van der Waals surface area (Å²) in [5, 5.41) is 8.01. The van der Waals surface area contributed by atoms with Gasteiger partial charge in [-0.05, 0) is 25.1 Å². The quantitative estimate of drug-likeness (QED) is 0.489. The van der Waals surface area contributed by atoms with E-state index < -0.39 is 5.91 Å². The van der Waals surface area contributed by atoms with Crippen LogP contribution >= 0.6 is 23.2 Å². The number of halogens is 2. The molecule has 4 aromatic rings. The first-order chi connectivity index (χ1) is 14.4. The molecule has 0 aliphatic carbocycles. The molecule has 0 atom stereocenters. The lowest BCUT2D eigenvalue weighted by Gasteiger charge is -2.09. The van der Waals surface area contributed by atoms with Gasteiger partial charge in [0.1, 0.15) is 5.82 Å². The molecular weight excluding hydrogens is 425 g/mol. The molecule has 0 saturated carbocycles. The smallest absolute Gasteiger partial charge is 0.256 e. The number of nitrogens with one attached hydrogen (secondary N) is 2. The van der Waals surface area contributed by atoms with Gasteiger partial charge < -0.3 is 5.32 Å². The van der Waals surface area contributed by atoms with Crippen LogP contribution in [0.5, 0.6) is 0 Å². The molecule has 0 saturated heterocycles.